The highest BCUT2D eigenvalue weighted by Gasteiger charge is 2.70. The van der Waals surface area contributed by atoms with Gasteiger partial charge in [0.15, 0.2) is 0 Å². The van der Waals surface area contributed by atoms with Gasteiger partial charge in [0.2, 0.25) is 0 Å². The summed E-state index contributed by atoms with van der Waals surface area (Å²) in [6, 6.07) is 7.11. The van der Waals surface area contributed by atoms with Gasteiger partial charge in [0.25, 0.3) is 0 Å². The summed E-state index contributed by atoms with van der Waals surface area (Å²) in [5, 5.41) is 22.5. The van der Waals surface area contributed by atoms with Gasteiger partial charge < -0.3 is 16.2 Å². The van der Waals surface area contributed by atoms with E-state index in [2.05, 4.69) is 82.2 Å². The molecule has 0 spiro atoms. The van der Waals surface area contributed by atoms with Crippen LogP contribution in [-0.2, 0) is 23.1 Å². The molecule has 6 heteroatoms. The SMILES string of the molecule is CC1(C)CC[C@]2(C(=O)O)CC[C@]3(C)C(=C(c4ccc5c(c4)CCN5)CC4[C@@]5(C)Cc6c(N)n[nH]c6C(C)(C)[C@@H]5CC[C@]43C)[C@@H]2C1. The van der Waals surface area contributed by atoms with Crippen molar-refractivity contribution in [3.63, 3.8) is 0 Å². The van der Waals surface area contributed by atoms with Crippen molar-refractivity contribution in [1.82, 2.24) is 10.2 Å². The lowest BCUT2D eigenvalue weighted by Crippen LogP contribution is -2.65. The van der Waals surface area contributed by atoms with Gasteiger partial charge in [-0.15, -0.1) is 0 Å². The number of carboxylic acid groups (broad SMARTS) is 1. The second-order valence-corrected chi connectivity index (χ2v) is 18.3. The van der Waals surface area contributed by atoms with E-state index in [1.165, 1.54) is 52.1 Å². The number of hydrogen-bond acceptors (Lipinski definition) is 4. The van der Waals surface area contributed by atoms with Crippen LogP contribution in [0.3, 0.4) is 0 Å². The Hall–Kier alpha value is -2.76. The molecule has 5 N–H and O–H groups in total. The van der Waals surface area contributed by atoms with E-state index in [0.717, 1.165) is 57.9 Å². The normalized spacial score (nSPS) is 40.6. The Labute approximate surface area is 269 Å². The maximum Gasteiger partial charge on any atom is 0.310 e. The Morgan fingerprint density at radius 2 is 1.76 bits per heavy atom. The number of nitrogens with one attached hydrogen (secondary N) is 2. The standard InChI is InChI=1S/C39H54N4O2/c1-34(2)13-15-39(33(44)45)16-14-38(7)30(26(39)21-34)24(22-8-9-27-23(18-22)11-17-41-27)19-29-36(5)20-25-31(42-43-32(25)40)35(3,4)28(36)10-12-37(29,38)6/h8-9,18,26,28-29,41H,10-17,19-21H2,1-7H3,(H,44,45)(H3,40,42,43)/t26-,28-,29?,36-,37+,38+,39-/m0/s1. The predicted octanol–water partition coefficient (Wildman–Crippen LogP) is 8.39. The molecule has 0 radical (unpaired) electrons. The van der Waals surface area contributed by atoms with E-state index in [1.54, 1.807) is 0 Å². The monoisotopic (exact) mass is 610 g/mol. The first kappa shape index (κ1) is 29.6. The highest BCUT2D eigenvalue weighted by Crippen LogP contribution is 2.77. The molecule has 5 aliphatic carbocycles. The fourth-order valence-electron chi connectivity index (χ4n) is 13.0. The third-order valence-corrected chi connectivity index (χ3v) is 15.6. The average Bonchev–Trinajstić information content (AvgIpc) is 3.59. The second-order valence-electron chi connectivity index (χ2n) is 18.3. The van der Waals surface area contributed by atoms with Crippen molar-refractivity contribution >= 4 is 23.0 Å². The van der Waals surface area contributed by atoms with E-state index in [-0.39, 0.29) is 33.0 Å². The van der Waals surface area contributed by atoms with Crippen LogP contribution in [0, 0.1) is 44.8 Å². The molecule has 0 bridgehead atoms. The van der Waals surface area contributed by atoms with Gasteiger partial charge >= 0.3 is 5.97 Å². The number of nitrogens with two attached hydrogens (primary N) is 1. The Bertz CT molecular complexity index is 1650. The fraction of sp³-hybridized carbons (Fsp3) is 0.692. The number of hydrogen-bond donors (Lipinski definition) is 4. The Balaban J connectivity index is 1.38. The van der Waals surface area contributed by atoms with Crippen molar-refractivity contribution in [2.45, 2.75) is 118 Å². The molecule has 3 saturated carbocycles. The van der Waals surface area contributed by atoms with E-state index in [1.807, 2.05) is 0 Å². The van der Waals surface area contributed by atoms with Gasteiger partial charge in [0, 0.05) is 28.9 Å². The van der Waals surface area contributed by atoms with Crippen LogP contribution in [0.1, 0.15) is 122 Å². The zero-order valence-electron chi connectivity index (χ0n) is 28.6. The lowest BCUT2D eigenvalue weighted by Gasteiger charge is -2.71. The summed E-state index contributed by atoms with van der Waals surface area (Å²) in [5.74, 6) is 1.15. The van der Waals surface area contributed by atoms with E-state index < -0.39 is 11.4 Å². The average molecular weight is 611 g/mol. The predicted molar refractivity (Wildman–Crippen MR) is 181 cm³/mol. The molecule has 0 amide bonds. The Morgan fingerprint density at radius 1 is 1.00 bits per heavy atom. The first-order chi connectivity index (χ1) is 21.1. The molecular weight excluding hydrogens is 556 g/mol. The summed E-state index contributed by atoms with van der Waals surface area (Å²) < 4.78 is 0. The van der Waals surface area contributed by atoms with Crippen LogP contribution in [0.2, 0.25) is 0 Å². The fourth-order valence-corrected chi connectivity index (χ4v) is 13.0. The minimum atomic E-state index is -0.662. The highest BCUT2D eigenvalue weighted by atomic mass is 16.4. The van der Waals surface area contributed by atoms with E-state index in [0.29, 0.717) is 17.7 Å². The molecule has 45 heavy (non-hydrogen) atoms. The molecule has 242 valence electrons. The third kappa shape index (κ3) is 3.63. The molecule has 8 rings (SSSR count). The molecule has 2 heterocycles. The van der Waals surface area contributed by atoms with E-state index >= 15 is 0 Å². The van der Waals surface area contributed by atoms with Gasteiger partial charge in [-0.2, -0.15) is 5.10 Å². The smallest absolute Gasteiger partial charge is 0.310 e. The van der Waals surface area contributed by atoms with Crippen molar-refractivity contribution in [2.24, 2.45) is 44.8 Å². The van der Waals surface area contributed by atoms with Crippen LogP contribution in [0.15, 0.2) is 23.8 Å². The lowest BCUT2D eigenvalue weighted by atomic mass is 9.33. The molecule has 6 aliphatic rings. The summed E-state index contributed by atoms with van der Waals surface area (Å²) in [6.07, 6.45) is 9.86. The third-order valence-electron chi connectivity index (χ3n) is 15.6. The topological polar surface area (TPSA) is 104 Å². The first-order valence-electron chi connectivity index (χ1n) is 17.7. The molecular formula is C39H54N4O2. The quantitative estimate of drug-likeness (QED) is 0.273. The highest BCUT2D eigenvalue weighted by molar-refractivity contribution is 5.81. The molecule has 1 aromatic heterocycles. The zero-order chi connectivity index (χ0) is 31.9. The van der Waals surface area contributed by atoms with E-state index in [9.17, 15) is 9.90 Å². The molecule has 1 unspecified atom stereocenters. The number of aromatic nitrogens is 2. The summed E-state index contributed by atoms with van der Waals surface area (Å²) in [4.78, 5) is 13.4. The molecule has 3 fully saturated rings. The molecule has 0 saturated heterocycles. The van der Waals surface area contributed by atoms with Crippen molar-refractivity contribution in [2.75, 3.05) is 17.6 Å². The number of aromatic amines is 1. The van der Waals surface area contributed by atoms with Crippen LogP contribution < -0.4 is 11.1 Å². The summed E-state index contributed by atoms with van der Waals surface area (Å²) in [6.45, 7) is 18.4. The van der Waals surface area contributed by atoms with Crippen LogP contribution in [0.5, 0.6) is 0 Å². The number of benzene rings is 1. The molecule has 1 aliphatic heterocycles. The zero-order valence-corrected chi connectivity index (χ0v) is 28.6. The summed E-state index contributed by atoms with van der Waals surface area (Å²) >= 11 is 0. The number of carbonyl (C=O) groups is 1. The van der Waals surface area contributed by atoms with Crippen molar-refractivity contribution in [3.8, 4) is 0 Å². The Morgan fingerprint density at radius 3 is 2.51 bits per heavy atom. The lowest BCUT2D eigenvalue weighted by molar-refractivity contribution is -0.175. The second kappa shape index (κ2) is 8.98. The van der Waals surface area contributed by atoms with Gasteiger partial charge in [0.05, 0.1) is 5.41 Å². The van der Waals surface area contributed by atoms with E-state index in [4.69, 9.17) is 5.73 Å². The number of nitrogen functional groups attached to an aromatic ring is 1. The maximum absolute atomic E-state index is 13.4. The van der Waals surface area contributed by atoms with Crippen LogP contribution in [-0.4, -0.2) is 27.8 Å². The minimum absolute atomic E-state index is 0.0446. The molecule has 7 atom stereocenters. The first-order valence-corrected chi connectivity index (χ1v) is 17.7. The van der Waals surface area contributed by atoms with Gasteiger partial charge in [-0.1, -0.05) is 60.1 Å². The van der Waals surface area contributed by atoms with Crippen LogP contribution >= 0.6 is 0 Å². The number of carboxylic acids is 1. The number of nitrogens with zero attached hydrogens (tertiary/aromatic N) is 1. The van der Waals surface area contributed by atoms with Crippen LogP contribution in [0.4, 0.5) is 11.5 Å². The minimum Gasteiger partial charge on any atom is -0.481 e. The van der Waals surface area contributed by atoms with Gasteiger partial charge in [-0.25, -0.2) is 0 Å². The molecule has 1 aromatic carbocycles. The summed E-state index contributed by atoms with van der Waals surface area (Å²) in [7, 11) is 0. The van der Waals surface area contributed by atoms with Gasteiger partial charge in [-0.05, 0) is 132 Å². The number of fused-ring (bicyclic) bond motifs is 9. The summed E-state index contributed by atoms with van der Waals surface area (Å²) in [5.41, 5.74) is 15.5. The Kier molecular flexibility index (Phi) is 5.91. The maximum atomic E-state index is 13.4. The van der Waals surface area contributed by atoms with Crippen molar-refractivity contribution in [3.05, 3.63) is 46.2 Å². The molecule has 2 aromatic rings. The number of anilines is 2. The largest absolute Gasteiger partial charge is 0.481 e. The van der Waals surface area contributed by atoms with Crippen molar-refractivity contribution in [1.29, 1.82) is 0 Å². The number of rotatable bonds is 2. The van der Waals surface area contributed by atoms with Crippen LogP contribution in [0.25, 0.3) is 5.57 Å². The molecule has 6 nitrogen and oxygen atoms in total. The van der Waals surface area contributed by atoms with Crippen molar-refractivity contribution < 1.29 is 9.90 Å². The number of aliphatic carboxylic acids is 1. The van der Waals surface area contributed by atoms with Gasteiger partial charge in [0.1, 0.15) is 5.82 Å². The number of allylic oxidation sites excluding steroid dienone is 2. The van der Waals surface area contributed by atoms with Gasteiger partial charge in [-0.3, -0.25) is 9.89 Å². The number of H-pyrrole nitrogens is 1.